The van der Waals surface area contributed by atoms with Crippen LogP contribution in [0.3, 0.4) is 0 Å². The fourth-order valence-electron chi connectivity index (χ4n) is 1.31. The molecule has 1 aromatic rings. The van der Waals surface area contributed by atoms with E-state index in [1.54, 1.807) is 0 Å². The number of aliphatic imine (C=N–C) groups is 1. The highest BCUT2D eigenvalue weighted by atomic mass is 14.9. The van der Waals surface area contributed by atoms with Crippen molar-refractivity contribution in [2.75, 3.05) is 0 Å². The van der Waals surface area contributed by atoms with E-state index in [4.69, 9.17) is 0 Å². The van der Waals surface area contributed by atoms with Crippen molar-refractivity contribution in [1.82, 2.24) is 9.97 Å². The minimum absolute atomic E-state index is 0.840. The molecule has 0 spiro atoms. The molecule has 0 aliphatic carbocycles. The van der Waals surface area contributed by atoms with Crippen molar-refractivity contribution < 1.29 is 0 Å². The number of hydrogen-bond acceptors (Lipinski definition) is 3. The molecule has 0 radical (unpaired) electrons. The Hall–Kier alpha value is -1.25. The highest BCUT2D eigenvalue weighted by molar-refractivity contribution is 5.75. The molecule has 0 aromatic carbocycles. The van der Waals surface area contributed by atoms with Crippen LogP contribution in [0.1, 0.15) is 17.2 Å². The van der Waals surface area contributed by atoms with Gasteiger partial charge in [0.25, 0.3) is 0 Å². The van der Waals surface area contributed by atoms with Crippen LogP contribution in [-0.2, 0) is 6.42 Å². The average molecular weight is 147 g/mol. The van der Waals surface area contributed by atoms with Gasteiger partial charge in [-0.25, -0.2) is 9.97 Å². The van der Waals surface area contributed by atoms with Crippen LogP contribution >= 0.6 is 0 Å². The lowest BCUT2D eigenvalue weighted by Gasteiger charge is -2.00. The van der Waals surface area contributed by atoms with E-state index >= 15 is 0 Å². The fourth-order valence-corrected chi connectivity index (χ4v) is 1.31. The number of aryl methyl sites for hydroxylation is 2. The molecule has 0 atom stereocenters. The molecule has 0 amide bonds. The molecule has 3 nitrogen and oxygen atoms in total. The van der Waals surface area contributed by atoms with Gasteiger partial charge in [-0.2, -0.15) is 0 Å². The third-order valence-corrected chi connectivity index (χ3v) is 1.75. The second-order valence-corrected chi connectivity index (χ2v) is 2.67. The van der Waals surface area contributed by atoms with E-state index in [1.165, 1.54) is 0 Å². The predicted octanol–water partition coefficient (Wildman–Crippen LogP) is 1.35. The lowest BCUT2D eigenvalue weighted by atomic mass is 10.2. The molecule has 1 aliphatic rings. The minimum Gasteiger partial charge on any atom is -0.257 e. The highest BCUT2D eigenvalue weighted by Gasteiger charge is 2.11. The van der Waals surface area contributed by atoms with Crippen molar-refractivity contribution in [1.29, 1.82) is 0 Å². The Morgan fingerprint density at radius 3 is 2.91 bits per heavy atom. The SMILES string of the molecule is Cc1nc(C)c2c(n1)CC=N2. The van der Waals surface area contributed by atoms with Gasteiger partial charge in [0.2, 0.25) is 0 Å². The van der Waals surface area contributed by atoms with E-state index in [-0.39, 0.29) is 0 Å². The van der Waals surface area contributed by atoms with Crippen LogP contribution in [0.15, 0.2) is 4.99 Å². The maximum atomic E-state index is 4.28. The monoisotopic (exact) mass is 147 g/mol. The van der Waals surface area contributed by atoms with Crippen LogP contribution in [-0.4, -0.2) is 16.2 Å². The fraction of sp³-hybridized carbons (Fsp3) is 0.375. The Kier molecular flexibility index (Phi) is 1.24. The molecule has 0 N–H and O–H groups in total. The van der Waals surface area contributed by atoms with Crippen molar-refractivity contribution >= 4 is 11.9 Å². The second-order valence-electron chi connectivity index (χ2n) is 2.67. The van der Waals surface area contributed by atoms with Gasteiger partial charge >= 0.3 is 0 Å². The van der Waals surface area contributed by atoms with E-state index in [2.05, 4.69) is 15.0 Å². The van der Waals surface area contributed by atoms with Crippen molar-refractivity contribution in [3.05, 3.63) is 17.2 Å². The zero-order valence-corrected chi connectivity index (χ0v) is 6.63. The van der Waals surface area contributed by atoms with Gasteiger partial charge in [-0.3, -0.25) is 4.99 Å². The van der Waals surface area contributed by atoms with Gasteiger partial charge in [0, 0.05) is 12.6 Å². The summed E-state index contributed by atoms with van der Waals surface area (Å²) in [6.07, 6.45) is 2.74. The van der Waals surface area contributed by atoms with E-state index in [0.29, 0.717) is 0 Å². The molecule has 0 saturated heterocycles. The lowest BCUT2D eigenvalue weighted by Crippen LogP contribution is -1.95. The Labute approximate surface area is 65.2 Å². The summed E-state index contributed by atoms with van der Waals surface area (Å²) < 4.78 is 0. The first-order valence-electron chi connectivity index (χ1n) is 3.64. The van der Waals surface area contributed by atoms with Gasteiger partial charge in [0.1, 0.15) is 11.5 Å². The summed E-state index contributed by atoms with van der Waals surface area (Å²) in [5.41, 5.74) is 3.02. The number of rotatable bonds is 0. The second kappa shape index (κ2) is 2.12. The maximum Gasteiger partial charge on any atom is 0.125 e. The zero-order chi connectivity index (χ0) is 7.84. The molecular weight excluding hydrogens is 138 g/mol. The molecule has 0 fully saturated rings. The number of nitrogens with zero attached hydrogens (tertiary/aromatic N) is 3. The smallest absolute Gasteiger partial charge is 0.125 e. The van der Waals surface area contributed by atoms with Crippen LogP contribution < -0.4 is 0 Å². The molecule has 2 rings (SSSR count). The highest BCUT2D eigenvalue weighted by Crippen LogP contribution is 2.24. The largest absolute Gasteiger partial charge is 0.257 e. The Balaban J connectivity index is 2.67. The maximum absolute atomic E-state index is 4.28. The van der Waals surface area contributed by atoms with E-state index < -0.39 is 0 Å². The van der Waals surface area contributed by atoms with Crippen molar-refractivity contribution in [3.8, 4) is 0 Å². The minimum atomic E-state index is 0.840. The van der Waals surface area contributed by atoms with Crippen LogP contribution in [0.2, 0.25) is 0 Å². The van der Waals surface area contributed by atoms with E-state index in [1.807, 2.05) is 20.1 Å². The summed E-state index contributed by atoms with van der Waals surface area (Å²) >= 11 is 0. The van der Waals surface area contributed by atoms with Gasteiger partial charge in [-0.15, -0.1) is 0 Å². The van der Waals surface area contributed by atoms with Crippen LogP contribution in [0.5, 0.6) is 0 Å². The lowest BCUT2D eigenvalue weighted by molar-refractivity contribution is 0.975. The van der Waals surface area contributed by atoms with Gasteiger partial charge in [-0.05, 0) is 13.8 Å². The van der Waals surface area contributed by atoms with Gasteiger partial charge < -0.3 is 0 Å². The molecule has 56 valence electrons. The van der Waals surface area contributed by atoms with Gasteiger partial charge in [0.15, 0.2) is 0 Å². The molecule has 0 unspecified atom stereocenters. The topological polar surface area (TPSA) is 38.1 Å². The van der Waals surface area contributed by atoms with Gasteiger partial charge in [0.05, 0.1) is 11.4 Å². The third-order valence-electron chi connectivity index (χ3n) is 1.75. The molecule has 0 saturated carbocycles. The first kappa shape index (κ1) is 6.46. The summed E-state index contributed by atoms with van der Waals surface area (Å²) in [6, 6.07) is 0. The molecule has 1 aromatic heterocycles. The summed E-state index contributed by atoms with van der Waals surface area (Å²) in [5, 5.41) is 0. The van der Waals surface area contributed by atoms with E-state index in [0.717, 1.165) is 29.3 Å². The summed E-state index contributed by atoms with van der Waals surface area (Å²) in [7, 11) is 0. The summed E-state index contributed by atoms with van der Waals surface area (Å²) in [4.78, 5) is 12.7. The number of aromatic nitrogens is 2. The molecule has 1 aliphatic heterocycles. The predicted molar refractivity (Wildman–Crippen MR) is 43.4 cm³/mol. The Bertz CT molecular complexity index is 328. The summed E-state index contributed by atoms with van der Waals surface area (Å²) in [5.74, 6) is 0.840. The van der Waals surface area contributed by atoms with Crippen molar-refractivity contribution in [3.63, 3.8) is 0 Å². The Morgan fingerprint density at radius 1 is 1.27 bits per heavy atom. The molecule has 2 heterocycles. The Morgan fingerprint density at radius 2 is 2.09 bits per heavy atom. The third kappa shape index (κ3) is 0.926. The zero-order valence-electron chi connectivity index (χ0n) is 6.63. The molecule has 3 heteroatoms. The normalized spacial score (nSPS) is 13.6. The van der Waals surface area contributed by atoms with E-state index in [9.17, 15) is 0 Å². The number of hydrogen-bond donors (Lipinski definition) is 0. The van der Waals surface area contributed by atoms with Crippen LogP contribution in [0.4, 0.5) is 5.69 Å². The van der Waals surface area contributed by atoms with Crippen molar-refractivity contribution in [2.45, 2.75) is 20.3 Å². The van der Waals surface area contributed by atoms with Gasteiger partial charge in [-0.1, -0.05) is 0 Å². The van der Waals surface area contributed by atoms with Crippen LogP contribution in [0, 0.1) is 13.8 Å². The standard InChI is InChI=1S/C8H9N3/c1-5-8-7(3-4-9-8)11-6(2)10-5/h4H,3H2,1-2H3. The first-order chi connectivity index (χ1) is 5.27. The average Bonchev–Trinajstić information content (AvgIpc) is 2.34. The van der Waals surface area contributed by atoms with Crippen molar-refractivity contribution in [2.24, 2.45) is 4.99 Å². The summed E-state index contributed by atoms with van der Waals surface area (Å²) in [6.45, 7) is 3.88. The van der Waals surface area contributed by atoms with Crippen LogP contribution in [0.25, 0.3) is 0 Å². The molecular formula is C8H9N3. The molecule has 11 heavy (non-hydrogen) atoms. The molecule has 0 bridgehead atoms. The quantitative estimate of drug-likeness (QED) is 0.555. The first-order valence-corrected chi connectivity index (χ1v) is 3.64. The number of fused-ring (bicyclic) bond motifs is 1.